The molecule has 0 radical (unpaired) electrons. The van der Waals surface area contributed by atoms with Crippen molar-refractivity contribution >= 4 is 48.2 Å². The molecule has 2 heterocycles. The number of halogens is 1. The SMILES string of the molecule is COc1ccc(C)c2cc(CCNS(=O)(=O)c3ccc(Br)s3)c(=O)[nH]c12. The molecule has 0 unspecified atom stereocenters. The first kappa shape index (κ1) is 19.1. The zero-order valence-electron chi connectivity index (χ0n) is 14.1. The number of pyridine rings is 1. The Kier molecular flexibility index (Phi) is 5.52. The average molecular weight is 457 g/mol. The third kappa shape index (κ3) is 3.85. The van der Waals surface area contributed by atoms with Crippen LogP contribution in [0.3, 0.4) is 0 Å². The molecule has 0 saturated carbocycles. The molecule has 0 amide bonds. The van der Waals surface area contributed by atoms with Crippen LogP contribution in [0.1, 0.15) is 11.1 Å². The number of nitrogens with one attached hydrogen (secondary N) is 2. The van der Waals surface area contributed by atoms with Gasteiger partial charge in [-0.25, -0.2) is 13.1 Å². The molecule has 3 aromatic rings. The normalized spacial score (nSPS) is 11.8. The summed E-state index contributed by atoms with van der Waals surface area (Å²) >= 11 is 4.39. The zero-order chi connectivity index (χ0) is 18.9. The van der Waals surface area contributed by atoms with Crippen LogP contribution in [0.5, 0.6) is 5.75 Å². The summed E-state index contributed by atoms with van der Waals surface area (Å²) < 4.78 is 33.3. The molecule has 3 rings (SSSR count). The quantitative estimate of drug-likeness (QED) is 0.595. The minimum atomic E-state index is -3.58. The van der Waals surface area contributed by atoms with Crippen LogP contribution in [0.2, 0.25) is 0 Å². The maximum atomic E-state index is 12.3. The molecular formula is C17H17BrN2O4S2. The number of hydrogen-bond acceptors (Lipinski definition) is 5. The second-order valence-corrected chi connectivity index (χ2v) is 10.2. The third-order valence-electron chi connectivity index (χ3n) is 3.99. The average Bonchev–Trinajstić information content (AvgIpc) is 3.03. The maximum absolute atomic E-state index is 12.3. The van der Waals surface area contributed by atoms with Crippen molar-refractivity contribution in [2.45, 2.75) is 17.6 Å². The summed E-state index contributed by atoms with van der Waals surface area (Å²) in [4.78, 5) is 15.2. The smallest absolute Gasteiger partial charge is 0.251 e. The van der Waals surface area contributed by atoms with Gasteiger partial charge >= 0.3 is 0 Å². The van der Waals surface area contributed by atoms with E-state index >= 15 is 0 Å². The number of methoxy groups -OCH3 is 1. The summed E-state index contributed by atoms with van der Waals surface area (Å²) in [5.41, 5.74) is 1.91. The molecule has 0 aliphatic rings. The fourth-order valence-corrected chi connectivity index (χ4v) is 5.73. The van der Waals surface area contributed by atoms with Crippen LogP contribution < -0.4 is 15.0 Å². The van der Waals surface area contributed by atoms with Crippen LogP contribution in [-0.4, -0.2) is 27.1 Å². The van der Waals surface area contributed by atoms with Crippen LogP contribution in [0.25, 0.3) is 10.9 Å². The van der Waals surface area contributed by atoms with Crippen LogP contribution in [-0.2, 0) is 16.4 Å². The Hall–Kier alpha value is -1.68. The zero-order valence-corrected chi connectivity index (χ0v) is 17.3. The summed E-state index contributed by atoms with van der Waals surface area (Å²) in [6, 6.07) is 8.74. The Bertz CT molecular complexity index is 1120. The highest BCUT2D eigenvalue weighted by molar-refractivity contribution is 9.11. The largest absolute Gasteiger partial charge is 0.495 e. The lowest BCUT2D eigenvalue weighted by Gasteiger charge is -2.10. The van der Waals surface area contributed by atoms with E-state index in [-0.39, 0.29) is 22.7 Å². The number of ether oxygens (including phenoxy) is 1. The minimum absolute atomic E-state index is 0.134. The standard InChI is InChI=1S/C17H17BrN2O4S2/c1-10-3-4-13(24-2)16-12(10)9-11(17(21)20-16)7-8-19-26(22,23)15-6-5-14(18)25-15/h3-6,9,19H,7-8H2,1-2H3,(H,20,21). The summed E-state index contributed by atoms with van der Waals surface area (Å²) in [7, 11) is -2.03. The molecule has 138 valence electrons. The molecular weight excluding hydrogens is 440 g/mol. The number of H-pyrrole nitrogens is 1. The Morgan fingerprint density at radius 3 is 2.69 bits per heavy atom. The van der Waals surface area contributed by atoms with Crippen LogP contribution in [0.4, 0.5) is 0 Å². The van der Waals surface area contributed by atoms with Gasteiger partial charge in [0.05, 0.1) is 16.4 Å². The van der Waals surface area contributed by atoms with Gasteiger partial charge in [0.1, 0.15) is 9.96 Å². The number of rotatable bonds is 6. The van der Waals surface area contributed by atoms with Crippen molar-refractivity contribution in [1.82, 2.24) is 9.71 Å². The van der Waals surface area contributed by atoms with Crippen molar-refractivity contribution in [2.24, 2.45) is 0 Å². The third-order valence-corrected chi connectivity index (χ3v) is 7.57. The van der Waals surface area contributed by atoms with E-state index in [4.69, 9.17) is 4.74 Å². The van der Waals surface area contributed by atoms with Gasteiger partial charge in [-0.1, -0.05) is 6.07 Å². The van der Waals surface area contributed by atoms with Gasteiger partial charge in [-0.3, -0.25) is 4.79 Å². The molecule has 0 aliphatic heterocycles. The Labute approximate surface area is 163 Å². The number of aromatic nitrogens is 1. The van der Waals surface area contributed by atoms with Gasteiger partial charge in [0, 0.05) is 17.5 Å². The molecule has 0 saturated heterocycles. The highest BCUT2D eigenvalue weighted by atomic mass is 79.9. The van der Waals surface area contributed by atoms with Crippen molar-refractivity contribution in [2.75, 3.05) is 13.7 Å². The molecule has 2 N–H and O–H groups in total. The maximum Gasteiger partial charge on any atom is 0.251 e. The molecule has 26 heavy (non-hydrogen) atoms. The first-order valence-electron chi connectivity index (χ1n) is 7.76. The molecule has 0 spiro atoms. The minimum Gasteiger partial charge on any atom is -0.495 e. The number of sulfonamides is 1. The summed E-state index contributed by atoms with van der Waals surface area (Å²) in [5.74, 6) is 0.596. The van der Waals surface area contributed by atoms with Gasteiger partial charge in [-0.05, 0) is 59.1 Å². The lowest BCUT2D eigenvalue weighted by Crippen LogP contribution is -2.27. The molecule has 0 aliphatic carbocycles. The van der Waals surface area contributed by atoms with Crippen molar-refractivity contribution in [3.8, 4) is 5.75 Å². The molecule has 0 fully saturated rings. The lowest BCUT2D eigenvalue weighted by molar-refractivity contribution is 0.418. The molecule has 2 aromatic heterocycles. The van der Waals surface area contributed by atoms with Crippen molar-refractivity contribution < 1.29 is 13.2 Å². The van der Waals surface area contributed by atoms with E-state index in [0.29, 0.717) is 16.8 Å². The van der Waals surface area contributed by atoms with Gasteiger partial charge < -0.3 is 9.72 Å². The highest BCUT2D eigenvalue weighted by Gasteiger charge is 2.16. The van der Waals surface area contributed by atoms with Crippen molar-refractivity contribution in [3.05, 3.63) is 55.6 Å². The van der Waals surface area contributed by atoms with E-state index in [2.05, 4.69) is 25.6 Å². The van der Waals surface area contributed by atoms with Crippen molar-refractivity contribution in [3.63, 3.8) is 0 Å². The van der Waals surface area contributed by atoms with Crippen LogP contribution >= 0.6 is 27.3 Å². The van der Waals surface area contributed by atoms with Crippen molar-refractivity contribution in [1.29, 1.82) is 0 Å². The topological polar surface area (TPSA) is 88.3 Å². The fourth-order valence-electron chi connectivity index (χ4n) is 2.64. The van der Waals surface area contributed by atoms with E-state index in [1.165, 1.54) is 6.07 Å². The molecule has 0 bridgehead atoms. The predicted octanol–water partition coefficient (Wildman–Crippen LogP) is 3.19. The van der Waals surface area contributed by atoms with Gasteiger partial charge in [0.15, 0.2) is 0 Å². The van der Waals surface area contributed by atoms with Gasteiger partial charge in [-0.2, -0.15) is 0 Å². The lowest BCUT2D eigenvalue weighted by atomic mass is 10.1. The summed E-state index contributed by atoms with van der Waals surface area (Å²) in [6.45, 7) is 2.08. The second kappa shape index (κ2) is 7.51. The Balaban J connectivity index is 1.82. The summed E-state index contributed by atoms with van der Waals surface area (Å²) in [5, 5.41) is 0.879. The molecule has 0 atom stereocenters. The van der Waals surface area contributed by atoms with Crippen LogP contribution in [0, 0.1) is 6.92 Å². The number of fused-ring (bicyclic) bond motifs is 1. The van der Waals surface area contributed by atoms with E-state index in [9.17, 15) is 13.2 Å². The van der Waals surface area contributed by atoms with E-state index in [1.54, 1.807) is 25.3 Å². The first-order chi connectivity index (χ1) is 12.3. The van der Waals surface area contributed by atoms with Gasteiger partial charge in [0.25, 0.3) is 5.56 Å². The predicted molar refractivity (Wildman–Crippen MR) is 107 cm³/mol. The molecule has 1 aromatic carbocycles. The number of benzene rings is 1. The van der Waals surface area contributed by atoms with Gasteiger partial charge in [-0.15, -0.1) is 11.3 Å². The van der Waals surface area contributed by atoms with E-state index < -0.39 is 10.0 Å². The fraction of sp³-hybridized carbons (Fsp3) is 0.235. The van der Waals surface area contributed by atoms with E-state index in [0.717, 1.165) is 26.1 Å². The van der Waals surface area contributed by atoms with Crippen LogP contribution in [0.15, 0.2) is 43.1 Å². The first-order valence-corrected chi connectivity index (χ1v) is 10.9. The van der Waals surface area contributed by atoms with E-state index in [1.807, 2.05) is 13.0 Å². The summed E-state index contributed by atoms with van der Waals surface area (Å²) in [6.07, 6.45) is 0.285. The monoisotopic (exact) mass is 456 g/mol. The second-order valence-electron chi connectivity index (χ2n) is 5.70. The number of aryl methyl sites for hydroxylation is 1. The highest BCUT2D eigenvalue weighted by Crippen LogP contribution is 2.27. The van der Waals surface area contributed by atoms with Gasteiger partial charge in [0.2, 0.25) is 10.0 Å². The molecule has 9 heteroatoms. The number of thiophene rings is 1. The molecule has 6 nitrogen and oxygen atoms in total. The Morgan fingerprint density at radius 2 is 2.04 bits per heavy atom. The number of hydrogen-bond donors (Lipinski definition) is 2. The number of aromatic amines is 1. The Morgan fingerprint density at radius 1 is 1.27 bits per heavy atom.